The van der Waals surface area contributed by atoms with Crippen molar-refractivity contribution in [2.24, 2.45) is 5.92 Å². The maximum Gasteiger partial charge on any atom is 0.256 e. The van der Waals surface area contributed by atoms with E-state index >= 15 is 0 Å². The maximum atomic E-state index is 12.2. The Bertz CT molecular complexity index is 584. The van der Waals surface area contributed by atoms with Crippen LogP contribution < -0.4 is 5.32 Å². The SMILES string of the molecule is CCCn1nccc1NC(=O)c1ccc(CC(C)C)cc1. The lowest BCUT2D eigenvalue weighted by atomic mass is 10.0. The summed E-state index contributed by atoms with van der Waals surface area (Å²) in [6.07, 6.45) is 3.72. The molecule has 1 heterocycles. The molecule has 2 rings (SSSR count). The third kappa shape index (κ3) is 4.18. The molecule has 4 nitrogen and oxygen atoms in total. The Balaban J connectivity index is 2.04. The minimum Gasteiger partial charge on any atom is -0.307 e. The van der Waals surface area contributed by atoms with Crippen LogP contribution in [0.5, 0.6) is 0 Å². The predicted octanol–water partition coefficient (Wildman–Crippen LogP) is 3.74. The number of rotatable bonds is 6. The minimum absolute atomic E-state index is 0.0936. The highest BCUT2D eigenvalue weighted by Gasteiger charge is 2.09. The Morgan fingerprint density at radius 2 is 1.95 bits per heavy atom. The molecule has 2 aromatic rings. The highest BCUT2D eigenvalue weighted by atomic mass is 16.1. The molecule has 0 spiro atoms. The summed E-state index contributed by atoms with van der Waals surface area (Å²) in [5.41, 5.74) is 1.93. The van der Waals surface area contributed by atoms with E-state index in [-0.39, 0.29) is 5.91 Å². The second-order valence-corrected chi connectivity index (χ2v) is 5.69. The van der Waals surface area contributed by atoms with Crippen LogP contribution in [0.15, 0.2) is 36.5 Å². The van der Waals surface area contributed by atoms with E-state index in [1.807, 2.05) is 35.0 Å². The summed E-state index contributed by atoms with van der Waals surface area (Å²) in [7, 11) is 0. The summed E-state index contributed by atoms with van der Waals surface area (Å²) < 4.78 is 1.81. The van der Waals surface area contributed by atoms with Crippen LogP contribution in [0.4, 0.5) is 5.82 Å². The molecule has 1 N–H and O–H groups in total. The van der Waals surface area contributed by atoms with Crippen molar-refractivity contribution in [1.29, 1.82) is 0 Å². The van der Waals surface area contributed by atoms with Crippen molar-refractivity contribution in [2.75, 3.05) is 5.32 Å². The topological polar surface area (TPSA) is 46.9 Å². The monoisotopic (exact) mass is 285 g/mol. The van der Waals surface area contributed by atoms with Gasteiger partial charge in [0.1, 0.15) is 5.82 Å². The standard InChI is InChI=1S/C17H23N3O/c1-4-11-20-16(9-10-18-20)19-17(21)15-7-5-14(6-8-15)12-13(2)3/h5-10,13H,4,11-12H2,1-3H3,(H,19,21). The average Bonchev–Trinajstić information content (AvgIpc) is 2.86. The van der Waals surface area contributed by atoms with Gasteiger partial charge in [0.05, 0.1) is 6.20 Å². The van der Waals surface area contributed by atoms with Gasteiger partial charge in [-0.25, -0.2) is 4.68 Å². The molecule has 1 aromatic heterocycles. The molecular formula is C17H23N3O. The van der Waals surface area contributed by atoms with Gasteiger partial charge in [0.2, 0.25) is 0 Å². The quantitative estimate of drug-likeness (QED) is 0.878. The largest absolute Gasteiger partial charge is 0.307 e. The molecule has 0 bridgehead atoms. The molecule has 0 aliphatic carbocycles. The molecule has 0 fully saturated rings. The number of anilines is 1. The van der Waals surface area contributed by atoms with Crippen LogP contribution in [-0.4, -0.2) is 15.7 Å². The lowest BCUT2D eigenvalue weighted by Crippen LogP contribution is -2.15. The van der Waals surface area contributed by atoms with Gasteiger partial charge in [0.25, 0.3) is 5.91 Å². The first-order valence-electron chi connectivity index (χ1n) is 7.52. The van der Waals surface area contributed by atoms with E-state index in [1.165, 1.54) is 5.56 Å². The number of benzene rings is 1. The van der Waals surface area contributed by atoms with Crippen molar-refractivity contribution >= 4 is 11.7 Å². The molecule has 0 radical (unpaired) electrons. The molecule has 0 unspecified atom stereocenters. The number of carbonyl (C=O) groups excluding carboxylic acids is 1. The second-order valence-electron chi connectivity index (χ2n) is 5.69. The first-order chi connectivity index (χ1) is 10.1. The summed E-state index contributed by atoms with van der Waals surface area (Å²) in [5, 5.41) is 7.11. The molecular weight excluding hydrogens is 262 g/mol. The third-order valence-electron chi connectivity index (χ3n) is 3.25. The molecule has 0 aliphatic heterocycles. The van der Waals surface area contributed by atoms with Crippen molar-refractivity contribution in [3.8, 4) is 0 Å². The molecule has 0 aliphatic rings. The summed E-state index contributed by atoms with van der Waals surface area (Å²) in [5.74, 6) is 1.27. The smallest absolute Gasteiger partial charge is 0.256 e. The highest BCUT2D eigenvalue weighted by molar-refractivity contribution is 6.03. The van der Waals surface area contributed by atoms with Crippen molar-refractivity contribution in [1.82, 2.24) is 9.78 Å². The first-order valence-corrected chi connectivity index (χ1v) is 7.52. The molecule has 4 heteroatoms. The van der Waals surface area contributed by atoms with Gasteiger partial charge in [0, 0.05) is 18.2 Å². The van der Waals surface area contributed by atoms with E-state index in [0.29, 0.717) is 11.5 Å². The Morgan fingerprint density at radius 3 is 2.57 bits per heavy atom. The lowest BCUT2D eigenvalue weighted by Gasteiger charge is -2.09. The molecule has 1 aromatic carbocycles. The van der Waals surface area contributed by atoms with Gasteiger partial charge in [-0.05, 0) is 36.5 Å². The predicted molar refractivity (Wildman–Crippen MR) is 85.5 cm³/mol. The Labute approximate surface area is 126 Å². The third-order valence-corrected chi connectivity index (χ3v) is 3.25. The maximum absolute atomic E-state index is 12.2. The highest BCUT2D eigenvalue weighted by Crippen LogP contribution is 2.12. The van der Waals surface area contributed by atoms with Gasteiger partial charge in [-0.1, -0.05) is 32.9 Å². The number of amides is 1. The fourth-order valence-corrected chi connectivity index (χ4v) is 2.28. The molecule has 0 atom stereocenters. The van der Waals surface area contributed by atoms with E-state index in [1.54, 1.807) is 6.20 Å². The fourth-order valence-electron chi connectivity index (χ4n) is 2.28. The van der Waals surface area contributed by atoms with Crippen LogP contribution in [0, 0.1) is 5.92 Å². The zero-order chi connectivity index (χ0) is 15.2. The van der Waals surface area contributed by atoms with E-state index in [2.05, 4.69) is 31.2 Å². The van der Waals surface area contributed by atoms with Gasteiger partial charge in [-0.15, -0.1) is 0 Å². The molecule has 112 valence electrons. The summed E-state index contributed by atoms with van der Waals surface area (Å²) in [6, 6.07) is 9.64. The van der Waals surface area contributed by atoms with Crippen molar-refractivity contribution in [3.05, 3.63) is 47.7 Å². The molecule has 21 heavy (non-hydrogen) atoms. The molecule has 0 saturated heterocycles. The Hall–Kier alpha value is -2.10. The zero-order valence-electron chi connectivity index (χ0n) is 13.0. The van der Waals surface area contributed by atoms with Crippen LogP contribution in [0.1, 0.15) is 43.1 Å². The first kappa shape index (κ1) is 15.3. The number of hydrogen-bond donors (Lipinski definition) is 1. The van der Waals surface area contributed by atoms with Gasteiger partial charge in [0.15, 0.2) is 0 Å². The van der Waals surface area contributed by atoms with Gasteiger partial charge >= 0.3 is 0 Å². The van der Waals surface area contributed by atoms with E-state index in [4.69, 9.17) is 0 Å². The Morgan fingerprint density at radius 1 is 1.24 bits per heavy atom. The van der Waals surface area contributed by atoms with Crippen LogP contribution in [-0.2, 0) is 13.0 Å². The normalized spacial score (nSPS) is 10.9. The zero-order valence-corrected chi connectivity index (χ0v) is 13.0. The summed E-state index contributed by atoms with van der Waals surface area (Å²) >= 11 is 0. The number of aryl methyl sites for hydroxylation is 1. The van der Waals surface area contributed by atoms with Crippen LogP contribution in [0.25, 0.3) is 0 Å². The number of nitrogens with zero attached hydrogens (tertiary/aromatic N) is 2. The minimum atomic E-state index is -0.0936. The van der Waals surface area contributed by atoms with Crippen LogP contribution >= 0.6 is 0 Å². The lowest BCUT2D eigenvalue weighted by molar-refractivity contribution is 0.102. The number of nitrogens with one attached hydrogen (secondary N) is 1. The number of aromatic nitrogens is 2. The average molecular weight is 285 g/mol. The van der Waals surface area contributed by atoms with E-state index in [9.17, 15) is 4.79 Å². The van der Waals surface area contributed by atoms with Crippen molar-refractivity contribution in [3.63, 3.8) is 0 Å². The van der Waals surface area contributed by atoms with Crippen molar-refractivity contribution in [2.45, 2.75) is 40.2 Å². The summed E-state index contributed by atoms with van der Waals surface area (Å²) in [4.78, 5) is 12.2. The van der Waals surface area contributed by atoms with E-state index < -0.39 is 0 Å². The van der Waals surface area contributed by atoms with Gasteiger partial charge in [-0.3, -0.25) is 4.79 Å². The molecule has 0 saturated carbocycles. The van der Waals surface area contributed by atoms with Gasteiger partial charge in [-0.2, -0.15) is 5.10 Å². The number of carbonyl (C=O) groups is 1. The van der Waals surface area contributed by atoms with E-state index in [0.717, 1.165) is 25.2 Å². The molecule has 1 amide bonds. The Kier molecular flexibility index (Phi) is 5.14. The van der Waals surface area contributed by atoms with Gasteiger partial charge < -0.3 is 5.32 Å². The van der Waals surface area contributed by atoms with Crippen LogP contribution in [0.2, 0.25) is 0 Å². The van der Waals surface area contributed by atoms with Crippen LogP contribution in [0.3, 0.4) is 0 Å². The second kappa shape index (κ2) is 7.07. The fraction of sp³-hybridized carbons (Fsp3) is 0.412. The van der Waals surface area contributed by atoms with Crippen molar-refractivity contribution < 1.29 is 4.79 Å². The summed E-state index contributed by atoms with van der Waals surface area (Å²) in [6.45, 7) is 7.27. The number of hydrogen-bond acceptors (Lipinski definition) is 2.